The maximum Gasteiger partial charge on any atom is 0.233 e. The van der Waals surface area contributed by atoms with Gasteiger partial charge in [-0.05, 0) is 62.9 Å². The van der Waals surface area contributed by atoms with E-state index >= 15 is 0 Å². The molecule has 0 radical (unpaired) electrons. The monoisotopic (exact) mass is 491 g/mol. The fraction of sp³-hybridized carbons (Fsp3) is 0.625. The molecule has 1 unspecified atom stereocenters. The molecular weight excluding hydrogens is 457 g/mol. The largest absolute Gasteiger partial charge is 0.461 e. The zero-order chi connectivity index (χ0) is 23.8. The summed E-state index contributed by atoms with van der Waals surface area (Å²) in [6.07, 6.45) is 8.81. The molecule has 1 atom stereocenters. The number of halogens is 2. The van der Waals surface area contributed by atoms with Crippen LogP contribution in [0.3, 0.4) is 0 Å². The number of likely N-dealkylation sites (N-methyl/N-ethyl adjacent to an activating group) is 1. The molecule has 1 aromatic carbocycles. The second-order valence-corrected chi connectivity index (χ2v) is 9.43. The minimum Gasteiger partial charge on any atom is -0.461 e. The molecule has 1 saturated carbocycles. The highest BCUT2D eigenvalue weighted by atomic mass is 35.5. The molecule has 3 N–H and O–H groups in total. The van der Waals surface area contributed by atoms with Gasteiger partial charge in [0, 0.05) is 24.8 Å². The van der Waals surface area contributed by atoms with Crippen LogP contribution in [0.15, 0.2) is 18.2 Å². The van der Waals surface area contributed by atoms with Crippen molar-refractivity contribution in [3.8, 4) is 5.75 Å². The predicted octanol–water partition coefficient (Wildman–Crippen LogP) is 5.46. The summed E-state index contributed by atoms with van der Waals surface area (Å²) in [7, 11) is 0. The van der Waals surface area contributed by atoms with Crippen LogP contribution >= 0.6 is 11.6 Å². The first kappa shape index (κ1) is 24.7. The number of aromatic nitrogens is 3. The van der Waals surface area contributed by atoms with Crippen molar-refractivity contribution in [3.63, 3.8) is 0 Å². The van der Waals surface area contributed by atoms with Crippen LogP contribution < -0.4 is 20.7 Å². The fourth-order valence-corrected chi connectivity index (χ4v) is 5.09. The summed E-state index contributed by atoms with van der Waals surface area (Å²) >= 11 is 6.21. The second-order valence-electron chi connectivity index (χ2n) is 9.02. The van der Waals surface area contributed by atoms with E-state index in [9.17, 15) is 4.39 Å². The van der Waals surface area contributed by atoms with Gasteiger partial charge in [-0.1, -0.05) is 37.8 Å². The van der Waals surface area contributed by atoms with Crippen LogP contribution in [0.5, 0.6) is 5.75 Å². The number of likely N-dealkylation sites (tertiary alicyclic amines) is 1. The van der Waals surface area contributed by atoms with Crippen molar-refractivity contribution in [1.82, 2.24) is 19.9 Å². The Morgan fingerprint density at radius 3 is 2.44 bits per heavy atom. The second kappa shape index (κ2) is 12.4. The minimum atomic E-state index is -0.929. The van der Waals surface area contributed by atoms with Gasteiger partial charge in [0.25, 0.3) is 0 Å². The Morgan fingerprint density at radius 2 is 1.74 bits per heavy atom. The van der Waals surface area contributed by atoms with Gasteiger partial charge < -0.3 is 20.7 Å². The van der Waals surface area contributed by atoms with Gasteiger partial charge in [-0.15, -0.1) is 0 Å². The number of ether oxygens (including phenoxy) is 1. The average Bonchev–Trinajstić information content (AvgIpc) is 3.31. The van der Waals surface area contributed by atoms with Crippen molar-refractivity contribution >= 4 is 35.1 Å². The maximum atomic E-state index is 12.5. The molecule has 186 valence electrons. The number of rotatable bonds is 11. The van der Waals surface area contributed by atoms with E-state index in [2.05, 4.69) is 42.7 Å². The van der Waals surface area contributed by atoms with Crippen LogP contribution in [0.25, 0.3) is 0 Å². The van der Waals surface area contributed by atoms with Crippen LogP contribution in [0.1, 0.15) is 51.9 Å². The van der Waals surface area contributed by atoms with Gasteiger partial charge in [0.2, 0.25) is 24.7 Å². The Balaban J connectivity index is 1.47. The lowest BCUT2D eigenvalue weighted by Gasteiger charge is -2.23. The van der Waals surface area contributed by atoms with Crippen LogP contribution in [0.4, 0.5) is 27.9 Å². The highest BCUT2D eigenvalue weighted by molar-refractivity contribution is 6.32. The van der Waals surface area contributed by atoms with Crippen LogP contribution in [-0.2, 0) is 0 Å². The first-order chi connectivity index (χ1) is 16.6. The van der Waals surface area contributed by atoms with E-state index in [1.807, 2.05) is 0 Å². The van der Waals surface area contributed by atoms with Gasteiger partial charge in [0.1, 0.15) is 5.75 Å². The molecule has 2 aromatic rings. The maximum absolute atomic E-state index is 12.5. The summed E-state index contributed by atoms with van der Waals surface area (Å²) < 4.78 is 17.4. The summed E-state index contributed by atoms with van der Waals surface area (Å²) in [6, 6.07) is 5.52. The summed E-state index contributed by atoms with van der Waals surface area (Å²) in [5, 5.41) is 10.4. The normalized spacial score (nSPS) is 19.2. The summed E-state index contributed by atoms with van der Waals surface area (Å²) in [4.78, 5) is 16.3. The third kappa shape index (κ3) is 6.82. The third-order valence-corrected chi connectivity index (χ3v) is 7.00. The molecule has 34 heavy (non-hydrogen) atoms. The summed E-state index contributed by atoms with van der Waals surface area (Å²) in [6.45, 7) is 5.11. The van der Waals surface area contributed by atoms with Crippen LogP contribution in [0.2, 0.25) is 5.02 Å². The number of alkyl halides is 1. The first-order valence-corrected chi connectivity index (χ1v) is 12.8. The zero-order valence-corrected chi connectivity index (χ0v) is 20.6. The van der Waals surface area contributed by atoms with Gasteiger partial charge in [-0.3, -0.25) is 4.90 Å². The van der Waals surface area contributed by atoms with Crippen molar-refractivity contribution in [3.05, 3.63) is 23.2 Å². The zero-order valence-electron chi connectivity index (χ0n) is 19.8. The highest BCUT2D eigenvalue weighted by Gasteiger charge is 2.23. The number of nitrogens with zero attached hydrogens (tertiary/aromatic N) is 4. The number of anilines is 4. The Bertz CT molecular complexity index is 928. The molecule has 8 nitrogen and oxygen atoms in total. The molecule has 0 spiro atoms. The van der Waals surface area contributed by atoms with Crippen LogP contribution in [-0.4, -0.2) is 58.9 Å². The molecule has 2 heterocycles. The molecule has 0 amide bonds. The van der Waals surface area contributed by atoms with Crippen molar-refractivity contribution in [2.45, 2.75) is 57.9 Å². The van der Waals surface area contributed by atoms with Gasteiger partial charge in [-0.25, -0.2) is 4.39 Å². The molecule has 2 fully saturated rings. The van der Waals surface area contributed by atoms with Gasteiger partial charge in [-0.2, -0.15) is 15.0 Å². The number of nitrogens with one attached hydrogen (secondary N) is 3. The predicted molar refractivity (Wildman–Crippen MR) is 135 cm³/mol. The van der Waals surface area contributed by atoms with E-state index in [0.29, 0.717) is 46.3 Å². The van der Waals surface area contributed by atoms with Crippen molar-refractivity contribution < 1.29 is 9.13 Å². The SMILES string of the molecule is CCN1CCCC1CNc1nc(NCC2CCCCC2)nc(Nc2ccc(OCF)c(Cl)c2)n1. The molecule has 10 heteroatoms. The molecule has 0 bridgehead atoms. The lowest BCUT2D eigenvalue weighted by atomic mass is 9.89. The van der Waals surface area contributed by atoms with E-state index in [4.69, 9.17) is 16.3 Å². The van der Waals surface area contributed by atoms with Crippen LogP contribution in [0, 0.1) is 5.92 Å². The molecule has 4 rings (SSSR count). The molecule has 1 aromatic heterocycles. The average molecular weight is 492 g/mol. The van der Waals surface area contributed by atoms with Gasteiger partial charge in [0.05, 0.1) is 5.02 Å². The van der Waals surface area contributed by atoms with Crippen molar-refractivity contribution in [1.29, 1.82) is 0 Å². The first-order valence-electron chi connectivity index (χ1n) is 12.4. The van der Waals surface area contributed by atoms with Gasteiger partial charge in [0.15, 0.2) is 0 Å². The van der Waals surface area contributed by atoms with E-state index in [1.54, 1.807) is 18.2 Å². The molecule has 1 saturated heterocycles. The summed E-state index contributed by atoms with van der Waals surface area (Å²) in [5.74, 6) is 2.44. The highest BCUT2D eigenvalue weighted by Crippen LogP contribution is 2.29. The lowest BCUT2D eigenvalue weighted by molar-refractivity contribution is 0.192. The molecule has 1 aliphatic carbocycles. The van der Waals surface area contributed by atoms with E-state index in [-0.39, 0.29) is 0 Å². The van der Waals surface area contributed by atoms with Gasteiger partial charge >= 0.3 is 0 Å². The van der Waals surface area contributed by atoms with E-state index in [0.717, 1.165) is 26.2 Å². The fourth-order valence-electron chi connectivity index (χ4n) is 4.85. The quantitative estimate of drug-likeness (QED) is 0.382. The Hall–Kier alpha value is -2.39. The number of benzene rings is 1. The topological polar surface area (TPSA) is 87.2 Å². The van der Waals surface area contributed by atoms with Crippen molar-refractivity contribution in [2.75, 3.05) is 49.0 Å². The third-order valence-electron chi connectivity index (χ3n) is 6.71. The number of hydrogen-bond donors (Lipinski definition) is 3. The van der Waals surface area contributed by atoms with Crippen molar-refractivity contribution in [2.24, 2.45) is 5.92 Å². The Morgan fingerprint density at radius 1 is 1.00 bits per heavy atom. The van der Waals surface area contributed by atoms with E-state index < -0.39 is 6.86 Å². The summed E-state index contributed by atoms with van der Waals surface area (Å²) in [5.41, 5.74) is 0.680. The standard InChI is InChI=1S/C24H35ClFN7O/c1-2-33-12-6-9-19(33)15-28-23-30-22(27-14-17-7-4-3-5-8-17)31-24(32-23)29-18-10-11-21(34-16-26)20(25)13-18/h10-11,13,17,19H,2-9,12,14-16H2,1H3,(H3,27,28,29,30,31,32). The van der Waals surface area contributed by atoms with E-state index in [1.165, 1.54) is 44.9 Å². The molecule has 2 aliphatic rings. The lowest BCUT2D eigenvalue weighted by Crippen LogP contribution is -2.35. The Kier molecular flexibility index (Phi) is 8.98. The smallest absolute Gasteiger partial charge is 0.233 e. The molecule has 1 aliphatic heterocycles. The number of hydrogen-bond acceptors (Lipinski definition) is 8. The minimum absolute atomic E-state index is 0.291. The Labute approximate surface area is 206 Å². The molecular formula is C24H35ClFN7O.